The number of benzene rings is 2. The zero-order chi connectivity index (χ0) is 20.6. The molecule has 0 aliphatic carbocycles. The van der Waals surface area contributed by atoms with Gasteiger partial charge in [0.15, 0.2) is 10.7 Å². The number of hydrogen-bond donors (Lipinski definition) is 0. The standard InChI is InChI=1S/C21H21Cl2N3O2S/c1-21(2,28-15-8-6-14(22)7-9-15)19(27)25-10-12-26(13-11-25)20-24-18-16(23)4-3-5-17(18)29-20/h3-9H,10-13H2,1-2H3. The number of hydrogen-bond acceptors (Lipinski definition) is 5. The van der Waals surface area contributed by atoms with Crippen LogP contribution in [0.5, 0.6) is 5.75 Å². The molecule has 1 saturated heterocycles. The average Bonchev–Trinajstić information content (AvgIpc) is 3.15. The minimum absolute atomic E-state index is 0.0283. The Morgan fingerprint density at radius 1 is 1.07 bits per heavy atom. The van der Waals surface area contributed by atoms with Crippen LogP contribution in [0, 0.1) is 0 Å². The zero-order valence-corrected chi connectivity index (χ0v) is 18.5. The number of nitrogens with zero attached hydrogens (tertiary/aromatic N) is 3. The van der Waals surface area contributed by atoms with Gasteiger partial charge < -0.3 is 14.5 Å². The van der Waals surface area contributed by atoms with E-state index in [4.69, 9.17) is 32.9 Å². The fraction of sp³-hybridized carbons (Fsp3) is 0.333. The molecule has 1 amide bonds. The fourth-order valence-electron chi connectivity index (χ4n) is 3.36. The van der Waals surface area contributed by atoms with E-state index in [1.165, 1.54) is 0 Å². The molecule has 0 bridgehead atoms. The van der Waals surface area contributed by atoms with E-state index in [0.717, 1.165) is 28.4 Å². The minimum Gasteiger partial charge on any atom is -0.478 e. The first-order valence-electron chi connectivity index (χ1n) is 9.37. The van der Waals surface area contributed by atoms with Gasteiger partial charge in [-0.3, -0.25) is 4.79 Å². The molecule has 1 fully saturated rings. The van der Waals surface area contributed by atoms with E-state index < -0.39 is 5.60 Å². The molecule has 1 aromatic heterocycles. The number of para-hydroxylation sites is 1. The minimum atomic E-state index is -0.959. The molecule has 0 spiro atoms. The highest BCUT2D eigenvalue weighted by molar-refractivity contribution is 7.22. The highest BCUT2D eigenvalue weighted by Gasteiger charge is 2.36. The topological polar surface area (TPSA) is 45.7 Å². The van der Waals surface area contributed by atoms with Crippen molar-refractivity contribution in [1.29, 1.82) is 0 Å². The van der Waals surface area contributed by atoms with E-state index in [-0.39, 0.29) is 5.91 Å². The van der Waals surface area contributed by atoms with E-state index in [1.807, 2.05) is 23.1 Å². The highest BCUT2D eigenvalue weighted by atomic mass is 35.5. The molecule has 2 heterocycles. The summed E-state index contributed by atoms with van der Waals surface area (Å²) in [5.74, 6) is 0.595. The summed E-state index contributed by atoms with van der Waals surface area (Å²) in [6.07, 6.45) is 0. The SMILES string of the molecule is CC(C)(Oc1ccc(Cl)cc1)C(=O)N1CCN(c2nc3c(Cl)cccc3s2)CC1. The smallest absolute Gasteiger partial charge is 0.266 e. The Hall–Kier alpha value is -2.02. The van der Waals surface area contributed by atoms with Crippen molar-refractivity contribution in [3.05, 3.63) is 52.5 Å². The molecule has 152 valence electrons. The van der Waals surface area contributed by atoms with Crippen LogP contribution in [0.25, 0.3) is 10.2 Å². The third-order valence-electron chi connectivity index (χ3n) is 4.90. The number of thiazole rings is 1. The van der Waals surface area contributed by atoms with Crippen LogP contribution in [-0.4, -0.2) is 47.6 Å². The fourth-order valence-corrected chi connectivity index (χ4v) is 4.80. The predicted octanol–water partition coefficient (Wildman–Crippen LogP) is 5.11. The second-order valence-corrected chi connectivity index (χ2v) is 9.28. The van der Waals surface area contributed by atoms with Crippen LogP contribution < -0.4 is 9.64 Å². The summed E-state index contributed by atoms with van der Waals surface area (Å²) in [4.78, 5) is 21.8. The van der Waals surface area contributed by atoms with Gasteiger partial charge in [0.25, 0.3) is 5.91 Å². The quantitative estimate of drug-likeness (QED) is 0.554. The second-order valence-electron chi connectivity index (χ2n) is 7.43. The van der Waals surface area contributed by atoms with Crippen LogP contribution in [0.4, 0.5) is 5.13 Å². The summed E-state index contributed by atoms with van der Waals surface area (Å²) in [7, 11) is 0. The molecule has 3 aromatic rings. The number of halogens is 2. The maximum Gasteiger partial charge on any atom is 0.266 e. The number of fused-ring (bicyclic) bond motifs is 1. The Bertz CT molecular complexity index is 1030. The Morgan fingerprint density at radius 3 is 2.41 bits per heavy atom. The molecule has 2 aromatic carbocycles. The lowest BCUT2D eigenvalue weighted by Gasteiger charge is -2.38. The van der Waals surface area contributed by atoms with Crippen molar-refractivity contribution in [3.63, 3.8) is 0 Å². The summed E-state index contributed by atoms with van der Waals surface area (Å²) in [5, 5.41) is 2.24. The van der Waals surface area contributed by atoms with Gasteiger partial charge in [0.05, 0.1) is 9.72 Å². The second kappa shape index (κ2) is 8.01. The van der Waals surface area contributed by atoms with E-state index in [1.54, 1.807) is 49.4 Å². The molecule has 8 heteroatoms. The first kappa shape index (κ1) is 20.3. The molecular formula is C21H21Cl2N3O2S. The van der Waals surface area contributed by atoms with Crippen LogP contribution in [0.2, 0.25) is 10.0 Å². The van der Waals surface area contributed by atoms with Crippen molar-refractivity contribution in [2.45, 2.75) is 19.4 Å². The molecule has 4 rings (SSSR count). The van der Waals surface area contributed by atoms with Crippen LogP contribution in [0.15, 0.2) is 42.5 Å². The number of rotatable bonds is 4. The molecule has 0 unspecified atom stereocenters. The molecule has 0 radical (unpaired) electrons. The normalized spacial score (nSPS) is 15.0. The van der Waals surface area contributed by atoms with Gasteiger partial charge in [0, 0.05) is 31.2 Å². The number of anilines is 1. The third kappa shape index (κ3) is 4.29. The largest absolute Gasteiger partial charge is 0.478 e. The summed E-state index contributed by atoms with van der Waals surface area (Å²) in [6, 6.07) is 12.9. The first-order valence-corrected chi connectivity index (χ1v) is 10.9. The van der Waals surface area contributed by atoms with Gasteiger partial charge in [-0.2, -0.15) is 0 Å². The summed E-state index contributed by atoms with van der Waals surface area (Å²) < 4.78 is 7.02. The van der Waals surface area contributed by atoms with Crippen molar-refractivity contribution in [2.75, 3.05) is 31.1 Å². The van der Waals surface area contributed by atoms with Crippen molar-refractivity contribution in [1.82, 2.24) is 9.88 Å². The molecule has 0 atom stereocenters. The molecule has 5 nitrogen and oxygen atoms in total. The maximum absolute atomic E-state index is 13.0. The van der Waals surface area contributed by atoms with Gasteiger partial charge in [-0.25, -0.2) is 4.98 Å². The van der Waals surface area contributed by atoms with Crippen molar-refractivity contribution in [2.24, 2.45) is 0 Å². The number of aromatic nitrogens is 1. The van der Waals surface area contributed by atoms with Crippen LogP contribution in [0.1, 0.15) is 13.8 Å². The Labute approximate surface area is 183 Å². The van der Waals surface area contributed by atoms with Gasteiger partial charge >= 0.3 is 0 Å². The Balaban J connectivity index is 1.40. The van der Waals surface area contributed by atoms with Crippen LogP contribution in [-0.2, 0) is 4.79 Å². The summed E-state index contributed by atoms with van der Waals surface area (Å²) in [6.45, 7) is 6.28. The Kier molecular flexibility index (Phi) is 5.60. The van der Waals surface area contributed by atoms with E-state index in [9.17, 15) is 4.79 Å². The predicted molar refractivity (Wildman–Crippen MR) is 120 cm³/mol. The average molecular weight is 450 g/mol. The van der Waals surface area contributed by atoms with Gasteiger partial charge in [-0.1, -0.05) is 40.6 Å². The molecule has 0 saturated carbocycles. The lowest BCUT2D eigenvalue weighted by Crippen LogP contribution is -2.55. The van der Waals surface area contributed by atoms with Crippen molar-refractivity contribution < 1.29 is 9.53 Å². The van der Waals surface area contributed by atoms with Crippen molar-refractivity contribution in [3.8, 4) is 5.75 Å². The molecular weight excluding hydrogens is 429 g/mol. The maximum atomic E-state index is 13.0. The summed E-state index contributed by atoms with van der Waals surface area (Å²) in [5.41, 5.74) is -0.121. The lowest BCUT2D eigenvalue weighted by atomic mass is 10.1. The molecule has 1 aliphatic rings. The number of carbonyl (C=O) groups is 1. The van der Waals surface area contributed by atoms with Gasteiger partial charge in [0.1, 0.15) is 11.3 Å². The van der Waals surface area contributed by atoms with Gasteiger partial charge in [-0.05, 0) is 50.2 Å². The van der Waals surface area contributed by atoms with E-state index >= 15 is 0 Å². The number of piperazine rings is 1. The third-order valence-corrected chi connectivity index (χ3v) is 6.54. The molecule has 0 N–H and O–H groups in total. The number of carbonyl (C=O) groups excluding carboxylic acids is 1. The van der Waals surface area contributed by atoms with Crippen LogP contribution >= 0.6 is 34.5 Å². The number of ether oxygens (including phenoxy) is 1. The summed E-state index contributed by atoms with van der Waals surface area (Å²) >= 11 is 13.8. The zero-order valence-electron chi connectivity index (χ0n) is 16.2. The molecule has 1 aliphatic heterocycles. The molecule has 29 heavy (non-hydrogen) atoms. The van der Waals surface area contributed by atoms with Crippen LogP contribution in [0.3, 0.4) is 0 Å². The lowest BCUT2D eigenvalue weighted by molar-refractivity contribution is -0.145. The van der Waals surface area contributed by atoms with Gasteiger partial charge in [0.2, 0.25) is 0 Å². The van der Waals surface area contributed by atoms with Crippen molar-refractivity contribution >= 4 is 55.8 Å². The van der Waals surface area contributed by atoms with Gasteiger partial charge in [-0.15, -0.1) is 0 Å². The van der Waals surface area contributed by atoms with E-state index in [2.05, 4.69) is 4.90 Å². The number of amides is 1. The first-order chi connectivity index (χ1) is 13.8. The monoisotopic (exact) mass is 449 g/mol. The highest BCUT2D eigenvalue weighted by Crippen LogP contribution is 2.33. The Morgan fingerprint density at radius 2 is 1.76 bits per heavy atom. The van der Waals surface area contributed by atoms with E-state index in [0.29, 0.717) is 28.9 Å².